The minimum absolute atomic E-state index is 0.125. The van der Waals surface area contributed by atoms with Crippen LogP contribution in [0.2, 0.25) is 0 Å². The van der Waals surface area contributed by atoms with Crippen molar-refractivity contribution in [1.29, 1.82) is 0 Å². The zero-order chi connectivity index (χ0) is 54.0. The van der Waals surface area contributed by atoms with Crippen molar-refractivity contribution in [2.24, 2.45) is 0 Å². The number of hydrogen-bond donors (Lipinski definition) is 4. The maximum absolute atomic E-state index is 14.1. The summed E-state index contributed by atoms with van der Waals surface area (Å²) in [5.41, 5.74) is 5.74. The van der Waals surface area contributed by atoms with Gasteiger partial charge in [0, 0.05) is 6.42 Å². The topological polar surface area (TPSA) is 155 Å². The average molecular weight is 1060 g/mol. The van der Waals surface area contributed by atoms with E-state index < -0.39 is 49.5 Å². The van der Waals surface area contributed by atoms with Crippen LogP contribution in [-0.2, 0) is 82.3 Å². The Hall–Kier alpha value is -5.65. The Kier molecular flexibility index (Phi) is 28.7. The van der Waals surface area contributed by atoms with Crippen molar-refractivity contribution in [3.8, 4) is 0 Å². The van der Waals surface area contributed by atoms with Gasteiger partial charge in [0.15, 0.2) is 18.7 Å². The van der Waals surface area contributed by atoms with Crippen molar-refractivity contribution < 1.29 is 52.9 Å². The standard InChI is InChI=1S/C64H82N2O11/c1-3-58(67)60(71-44-52-30-16-9-17-31-52)57(66-59(68)40-26-6-4-5-7-27-41-65-64(69)76-48-56-38-24-13-25-39-56)49-75-63(77-50(2)42-70-43-51-28-14-8-15-29-51)61(72-45-53-32-18-10-19-33-53)62(73-46-54-34-20-11-21-35-54)74-47-55-36-22-12-23-37-55/h8-25,28-39,50,57-58,60-65,67,69H,3-7,26-27,40-49H2,1-2H3,(H,66,68)/t50?,57-,58+,60-,61?,63-,64?/m0/s1. The third-order valence-electron chi connectivity index (χ3n) is 12.8. The molecule has 0 aliphatic heterocycles. The predicted molar refractivity (Wildman–Crippen MR) is 298 cm³/mol. The fourth-order valence-corrected chi connectivity index (χ4v) is 8.53. The van der Waals surface area contributed by atoms with Crippen LogP contribution in [0.15, 0.2) is 182 Å². The van der Waals surface area contributed by atoms with Crippen LogP contribution in [0.3, 0.4) is 0 Å². The van der Waals surface area contributed by atoms with Crippen LogP contribution >= 0.6 is 0 Å². The number of aliphatic hydroxyl groups is 2. The largest absolute Gasteiger partial charge is 0.390 e. The molecule has 0 saturated heterocycles. The molecule has 6 aromatic carbocycles. The summed E-state index contributed by atoms with van der Waals surface area (Å²) in [7, 11) is 0. The van der Waals surface area contributed by atoms with E-state index >= 15 is 0 Å². The normalized spacial score (nSPS) is 14.4. The molecule has 0 aliphatic carbocycles. The monoisotopic (exact) mass is 1050 g/mol. The van der Waals surface area contributed by atoms with Gasteiger partial charge in [-0.15, -0.1) is 0 Å². The lowest BCUT2D eigenvalue weighted by Crippen LogP contribution is -2.54. The van der Waals surface area contributed by atoms with E-state index in [1.165, 1.54) is 0 Å². The molecule has 0 aliphatic rings. The van der Waals surface area contributed by atoms with Crippen LogP contribution in [0.4, 0.5) is 0 Å². The number of unbranched alkanes of at least 4 members (excludes halogenated alkanes) is 5. The number of carbonyl (C=O) groups is 1. The molecule has 0 bridgehead atoms. The Labute approximate surface area is 457 Å². The van der Waals surface area contributed by atoms with Crippen LogP contribution in [0.5, 0.6) is 0 Å². The lowest BCUT2D eigenvalue weighted by atomic mass is 10.0. The molecule has 6 aromatic rings. The molecule has 77 heavy (non-hydrogen) atoms. The molecular formula is C64H82N2O11. The quantitative estimate of drug-likeness (QED) is 0.0214. The highest BCUT2D eigenvalue weighted by Gasteiger charge is 2.38. The van der Waals surface area contributed by atoms with E-state index in [1.54, 1.807) is 0 Å². The van der Waals surface area contributed by atoms with Gasteiger partial charge in [0.05, 0.1) is 71.1 Å². The molecule has 0 radical (unpaired) electrons. The van der Waals surface area contributed by atoms with Crippen LogP contribution < -0.4 is 10.6 Å². The van der Waals surface area contributed by atoms with Gasteiger partial charge in [0.25, 0.3) is 0 Å². The zero-order valence-electron chi connectivity index (χ0n) is 45.0. The maximum atomic E-state index is 14.1. The summed E-state index contributed by atoms with van der Waals surface area (Å²) in [6.45, 7) is 6.03. The van der Waals surface area contributed by atoms with Gasteiger partial charge < -0.3 is 53.4 Å². The molecule has 0 saturated carbocycles. The van der Waals surface area contributed by atoms with E-state index in [-0.39, 0.29) is 52.0 Å². The van der Waals surface area contributed by atoms with E-state index in [9.17, 15) is 15.0 Å². The number of nitrogens with one attached hydrogen (secondary N) is 2. The number of rotatable bonds is 40. The number of hydrogen-bond acceptors (Lipinski definition) is 12. The van der Waals surface area contributed by atoms with Crippen LogP contribution in [-0.4, -0.2) is 85.3 Å². The maximum Gasteiger partial charge on any atom is 0.220 e. The molecule has 13 heteroatoms. The SMILES string of the molecule is CC[C@@H](O)[C@@H](OCc1ccccc1)[C@H](CO[C@@H](OC(C)COCc1ccccc1)C(OCc1ccccc1)C(OCc1ccccc1)OCc1ccccc1)NC(=O)CCCCCCCCNC(O)OCc1ccccc1. The first-order chi connectivity index (χ1) is 37.8. The molecule has 1 amide bonds. The summed E-state index contributed by atoms with van der Waals surface area (Å²) < 4.78 is 52.3. The van der Waals surface area contributed by atoms with Crippen molar-refractivity contribution in [3.63, 3.8) is 0 Å². The van der Waals surface area contributed by atoms with E-state index in [1.807, 2.05) is 196 Å². The van der Waals surface area contributed by atoms with Crippen molar-refractivity contribution >= 4 is 5.91 Å². The van der Waals surface area contributed by atoms with Gasteiger partial charge in [-0.3, -0.25) is 10.1 Å². The minimum Gasteiger partial charge on any atom is -0.390 e. The Morgan fingerprint density at radius 2 is 0.857 bits per heavy atom. The summed E-state index contributed by atoms with van der Waals surface area (Å²) in [5.74, 6) is -0.184. The van der Waals surface area contributed by atoms with Crippen molar-refractivity contribution in [1.82, 2.24) is 10.6 Å². The second-order valence-electron chi connectivity index (χ2n) is 19.3. The van der Waals surface area contributed by atoms with E-state index in [4.69, 9.17) is 37.9 Å². The molecule has 7 atom stereocenters. The van der Waals surface area contributed by atoms with Crippen LogP contribution in [0.1, 0.15) is 98.6 Å². The molecule has 13 nitrogen and oxygen atoms in total. The summed E-state index contributed by atoms with van der Waals surface area (Å²) in [6.07, 6.45) is -0.537. The van der Waals surface area contributed by atoms with Gasteiger partial charge in [-0.05, 0) is 66.1 Å². The smallest absolute Gasteiger partial charge is 0.220 e. The lowest BCUT2D eigenvalue weighted by Gasteiger charge is -2.37. The Morgan fingerprint density at radius 1 is 0.455 bits per heavy atom. The Bertz CT molecular complexity index is 2350. The fourth-order valence-electron chi connectivity index (χ4n) is 8.53. The average Bonchev–Trinajstić information content (AvgIpc) is 3.47. The summed E-state index contributed by atoms with van der Waals surface area (Å²) in [5, 5.41) is 28.2. The molecule has 4 N–H and O–H groups in total. The second-order valence-corrected chi connectivity index (χ2v) is 19.3. The molecule has 3 unspecified atom stereocenters. The zero-order valence-corrected chi connectivity index (χ0v) is 45.0. The Balaban J connectivity index is 1.18. The third kappa shape index (κ3) is 24.3. The van der Waals surface area contributed by atoms with Gasteiger partial charge in [-0.2, -0.15) is 0 Å². The molecule has 0 aromatic heterocycles. The van der Waals surface area contributed by atoms with Crippen molar-refractivity contribution in [3.05, 3.63) is 215 Å². The van der Waals surface area contributed by atoms with E-state index in [2.05, 4.69) is 10.6 Å². The third-order valence-corrected chi connectivity index (χ3v) is 12.8. The second kappa shape index (κ2) is 36.4. The summed E-state index contributed by atoms with van der Waals surface area (Å²) >= 11 is 0. The number of aliphatic hydroxyl groups excluding tert-OH is 2. The highest BCUT2D eigenvalue weighted by atomic mass is 16.7. The first-order valence-corrected chi connectivity index (χ1v) is 27.4. The van der Waals surface area contributed by atoms with Gasteiger partial charge in [0.2, 0.25) is 12.3 Å². The predicted octanol–water partition coefficient (Wildman–Crippen LogP) is 11.0. The molecule has 0 fully saturated rings. The van der Waals surface area contributed by atoms with Crippen LogP contribution in [0.25, 0.3) is 0 Å². The molecular weight excluding hydrogens is 973 g/mol. The number of benzene rings is 6. The molecule has 414 valence electrons. The minimum atomic E-state index is -1.15. The number of carbonyl (C=O) groups excluding carboxylic acids is 1. The summed E-state index contributed by atoms with van der Waals surface area (Å²) in [4.78, 5) is 14.1. The fraction of sp³-hybridized carbons (Fsp3) is 0.422. The van der Waals surface area contributed by atoms with E-state index in [0.29, 0.717) is 32.6 Å². The highest BCUT2D eigenvalue weighted by Crippen LogP contribution is 2.24. The van der Waals surface area contributed by atoms with Gasteiger partial charge >= 0.3 is 0 Å². The molecule has 0 spiro atoms. The molecule has 6 rings (SSSR count). The molecule has 0 heterocycles. The van der Waals surface area contributed by atoms with Crippen LogP contribution in [0, 0.1) is 0 Å². The number of amides is 1. The Morgan fingerprint density at radius 3 is 1.32 bits per heavy atom. The summed E-state index contributed by atoms with van der Waals surface area (Å²) in [6, 6.07) is 58.2. The van der Waals surface area contributed by atoms with Gasteiger partial charge in [-0.25, -0.2) is 0 Å². The van der Waals surface area contributed by atoms with Gasteiger partial charge in [-0.1, -0.05) is 215 Å². The van der Waals surface area contributed by atoms with E-state index in [0.717, 1.165) is 65.5 Å². The van der Waals surface area contributed by atoms with Gasteiger partial charge in [0.1, 0.15) is 6.10 Å². The van der Waals surface area contributed by atoms with Crippen molar-refractivity contribution in [2.75, 3.05) is 19.8 Å². The number of ether oxygens (including phenoxy) is 8. The first kappa shape index (κ1) is 60.6. The highest BCUT2D eigenvalue weighted by molar-refractivity contribution is 5.76. The first-order valence-electron chi connectivity index (χ1n) is 27.4. The van der Waals surface area contributed by atoms with Crippen molar-refractivity contribution in [2.45, 2.75) is 154 Å². The lowest BCUT2D eigenvalue weighted by molar-refractivity contribution is -0.304.